The van der Waals surface area contributed by atoms with Crippen LogP contribution in [0.25, 0.3) is 0 Å². The second-order valence-corrected chi connectivity index (χ2v) is 4.52. The minimum atomic E-state index is -0.0910. The van der Waals surface area contributed by atoms with Crippen molar-refractivity contribution in [2.45, 2.75) is 13.5 Å². The highest BCUT2D eigenvalue weighted by atomic mass is 79.9. The van der Waals surface area contributed by atoms with Gasteiger partial charge in [-0.3, -0.25) is 0 Å². The molecule has 0 aliphatic carbocycles. The van der Waals surface area contributed by atoms with Crippen LogP contribution in [-0.2, 0) is 6.61 Å². The fraction of sp³-hybridized carbons (Fsp3) is 0.154. The highest BCUT2D eigenvalue weighted by Crippen LogP contribution is 2.29. The van der Waals surface area contributed by atoms with Gasteiger partial charge >= 0.3 is 0 Å². The Hall–Kier alpha value is -1.39. The van der Waals surface area contributed by atoms with Crippen molar-refractivity contribution in [2.75, 3.05) is 0 Å². The topological polar surface area (TPSA) is 42.4 Å². The van der Waals surface area contributed by atoms with Gasteiger partial charge in [-0.1, -0.05) is 12.1 Å². The molecule has 0 unspecified atom stereocenters. The lowest BCUT2D eigenvalue weighted by molar-refractivity contribution is 0.275. The number of aliphatic hydroxyl groups excluding tert-OH is 1. The minimum Gasteiger partial charge on any atom is -0.438 e. The van der Waals surface area contributed by atoms with Crippen molar-refractivity contribution in [3.8, 4) is 11.6 Å². The van der Waals surface area contributed by atoms with E-state index >= 15 is 0 Å². The zero-order valence-electron chi connectivity index (χ0n) is 9.35. The number of rotatable bonds is 3. The summed E-state index contributed by atoms with van der Waals surface area (Å²) in [7, 11) is 0. The highest BCUT2D eigenvalue weighted by Gasteiger charge is 2.04. The fourth-order valence-corrected chi connectivity index (χ4v) is 1.98. The third-order valence-corrected chi connectivity index (χ3v) is 2.86. The van der Waals surface area contributed by atoms with Gasteiger partial charge in [0.1, 0.15) is 5.75 Å². The molecule has 0 saturated carbocycles. The van der Waals surface area contributed by atoms with E-state index in [1.807, 2.05) is 25.1 Å². The maximum Gasteiger partial charge on any atom is 0.219 e. The fourth-order valence-electron chi connectivity index (χ4n) is 1.40. The van der Waals surface area contributed by atoms with Gasteiger partial charge in [0.25, 0.3) is 0 Å². The summed E-state index contributed by atoms with van der Waals surface area (Å²) in [5, 5.41) is 8.99. The molecule has 0 bridgehead atoms. The number of aryl methyl sites for hydroxylation is 1. The Morgan fingerprint density at radius 2 is 2.12 bits per heavy atom. The van der Waals surface area contributed by atoms with Crippen LogP contribution in [0.3, 0.4) is 0 Å². The normalized spacial score (nSPS) is 10.3. The van der Waals surface area contributed by atoms with E-state index in [1.54, 1.807) is 18.2 Å². The molecule has 0 radical (unpaired) electrons. The largest absolute Gasteiger partial charge is 0.438 e. The number of halogens is 1. The number of ether oxygens (including phenoxy) is 1. The average molecular weight is 294 g/mol. The van der Waals surface area contributed by atoms with Crippen LogP contribution < -0.4 is 4.74 Å². The monoisotopic (exact) mass is 293 g/mol. The number of nitrogens with zero attached hydrogens (tertiary/aromatic N) is 1. The van der Waals surface area contributed by atoms with Crippen molar-refractivity contribution in [1.29, 1.82) is 0 Å². The molecule has 17 heavy (non-hydrogen) atoms. The lowest BCUT2D eigenvalue weighted by atomic mass is 10.2. The lowest BCUT2D eigenvalue weighted by Crippen LogP contribution is -1.93. The maximum atomic E-state index is 8.99. The first-order valence-electron chi connectivity index (χ1n) is 5.20. The summed E-state index contributed by atoms with van der Waals surface area (Å²) in [4.78, 5) is 4.16. The van der Waals surface area contributed by atoms with Crippen molar-refractivity contribution in [3.63, 3.8) is 0 Å². The van der Waals surface area contributed by atoms with Crippen LogP contribution in [0.4, 0.5) is 0 Å². The molecule has 0 saturated heterocycles. The summed E-state index contributed by atoms with van der Waals surface area (Å²) in [6.45, 7) is 1.92. The molecule has 1 heterocycles. The number of hydrogen-bond donors (Lipinski definition) is 1. The van der Waals surface area contributed by atoms with Crippen LogP contribution in [0.2, 0.25) is 0 Å². The van der Waals surface area contributed by atoms with Crippen molar-refractivity contribution >= 4 is 15.9 Å². The second kappa shape index (κ2) is 5.29. The van der Waals surface area contributed by atoms with Crippen LogP contribution in [-0.4, -0.2) is 10.1 Å². The van der Waals surface area contributed by atoms with E-state index < -0.39 is 0 Å². The van der Waals surface area contributed by atoms with Gasteiger partial charge in [0, 0.05) is 6.07 Å². The number of benzene rings is 1. The molecule has 2 aromatic rings. The smallest absolute Gasteiger partial charge is 0.219 e. The minimum absolute atomic E-state index is 0.0910. The Labute approximate surface area is 108 Å². The molecule has 0 atom stereocenters. The van der Waals surface area contributed by atoms with Gasteiger partial charge in [0.05, 0.1) is 16.8 Å². The van der Waals surface area contributed by atoms with Gasteiger partial charge in [-0.2, -0.15) is 0 Å². The van der Waals surface area contributed by atoms with E-state index in [2.05, 4.69) is 20.9 Å². The predicted octanol–water partition coefficient (Wildman–Crippen LogP) is 3.44. The number of aliphatic hydroxyl groups is 1. The summed E-state index contributed by atoms with van der Waals surface area (Å²) in [5.41, 5.74) is 1.74. The van der Waals surface area contributed by atoms with Crippen molar-refractivity contribution < 1.29 is 9.84 Å². The average Bonchev–Trinajstić information content (AvgIpc) is 2.33. The highest BCUT2D eigenvalue weighted by molar-refractivity contribution is 9.10. The van der Waals surface area contributed by atoms with Gasteiger partial charge < -0.3 is 9.84 Å². The first-order valence-corrected chi connectivity index (χ1v) is 5.99. The van der Waals surface area contributed by atoms with Crippen molar-refractivity contribution in [1.82, 2.24) is 4.98 Å². The molecule has 1 N–H and O–H groups in total. The van der Waals surface area contributed by atoms with Gasteiger partial charge in [-0.15, -0.1) is 0 Å². The van der Waals surface area contributed by atoms with Crippen LogP contribution in [0.1, 0.15) is 11.3 Å². The van der Waals surface area contributed by atoms with E-state index in [-0.39, 0.29) is 6.61 Å². The molecule has 2 rings (SSSR count). The molecule has 3 nitrogen and oxygen atoms in total. The standard InChI is InChI=1S/C13H12BrNO2/c1-9-5-6-12(11(14)7-9)17-13-4-2-3-10(8-16)15-13/h2-7,16H,8H2,1H3. The SMILES string of the molecule is Cc1ccc(Oc2cccc(CO)n2)c(Br)c1. The second-order valence-electron chi connectivity index (χ2n) is 3.66. The van der Waals surface area contributed by atoms with E-state index in [9.17, 15) is 0 Å². The van der Waals surface area contributed by atoms with Crippen molar-refractivity contribution in [2.24, 2.45) is 0 Å². The molecular formula is C13H12BrNO2. The molecule has 1 aromatic heterocycles. The molecule has 1 aromatic carbocycles. The molecule has 4 heteroatoms. The van der Waals surface area contributed by atoms with Gasteiger partial charge in [-0.25, -0.2) is 4.98 Å². The number of pyridine rings is 1. The van der Waals surface area contributed by atoms with Gasteiger partial charge in [-0.05, 0) is 46.6 Å². The van der Waals surface area contributed by atoms with Crippen molar-refractivity contribution in [3.05, 3.63) is 52.1 Å². The first kappa shape index (κ1) is 12.1. The van der Waals surface area contributed by atoms with Crippen LogP contribution >= 0.6 is 15.9 Å². The Kier molecular flexibility index (Phi) is 3.76. The summed E-state index contributed by atoms with van der Waals surface area (Å²) in [5.74, 6) is 1.18. The molecular weight excluding hydrogens is 282 g/mol. The quantitative estimate of drug-likeness (QED) is 0.943. The molecule has 0 amide bonds. The zero-order chi connectivity index (χ0) is 12.3. The third kappa shape index (κ3) is 3.05. The van der Waals surface area contributed by atoms with E-state index in [4.69, 9.17) is 9.84 Å². The van der Waals surface area contributed by atoms with Crippen LogP contribution in [0, 0.1) is 6.92 Å². The zero-order valence-corrected chi connectivity index (χ0v) is 10.9. The van der Waals surface area contributed by atoms with Crippen LogP contribution in [0.15, 0.2) is 40.9 Å². The lowest BCUT2D eigenvalue weighted by Gasteiger charge is -2.08. The molecule has 88 valence electrons. The van der Waals surface area contributed by atoms with E-state index in [0.717, 1.165) is 10.0 Å². The Balaban J connectivity index is 2.25. The molecule has 0 aliphatic heterocycles. The Bertz CT molecular complexity index is 529. The number of aromatic nitrogens is 1. The summed E-state index contributed by atoms with van der Waals surface area (Å²) >= 11 is 3.44. The number of hydrogen-bond acceptors (Lipinski definition) is 3. The first-order chi connectivity index (χ1) is 8.19. The van der Waals surface area contributed by atoms with Gasteiger partial charge in [0.2, 0.25) is 5.88 Å². The Morgan fingerprint density at radius 3 is 2.82 bits per heavy atom. The Morgan fingerprint density at radius 1 is 1.29 bits per heavy atom. The van der Waals surface area contributed by atoms with Gasteiger partial charge in [0.15, 0.2) is 0 Å². The summed E-state index contributed by atoms with van der Waals surface area (Å²) in [6.07, 6.45) is 0. The van der Waals surface area contributed by atoms with E-state index in [1.165, 1.54) is 0 Å². The van der Waals surface area contributed by atoms with E-state index in [0.29, 0.717) is 17.3 Å². The molecule has 0 spiro atoms. The third-order valence-electron chi connectivity index (χ3n) is 2.25. The summed E-state index contributed by atoms with van der Waals surface area (Å²) in [6, 6.07) is 11.1. The molecule has 0 fully saturated rings. The van der Waals surface area contributed by atoms with Crippen LogP contribution in [0.5, 0.6) is 11.6 Å². The maximum absolute atomic E-state index is 8.99. The summed E-state index contributed by atoms with van der Waals surface area (Å²) < 4.78 is 6.52. The molecule has 0 aliphatic rings. The predicted molar refractivity (Wildman–Crippen MR) is 69.1 cm³/mol.